The lowest BCUT2D eigenvalue weighted by Crippen LogP contribution is -2.11. The van der Waals surface area contributed by atoms with Gasteiger partial charge in [0.15, 0.2) is 5.16 Å². The minimum absolute atomic E-state index is 0.120. The number of aromatic nitrogens is 3. The Balaban J connectivity index is 1.57. The van der Waals surface area contributed by atoms with Crippen molar-refractivity contribution >= 4 is 46.3 Å². The van der Waals surface area contributed by atoms with E-state index in [9.17, 15) is 9.18 Å². The van der Waals surface area contributed by atoms with Gasteiger partial charge in [0.05, 0.1) is 17.1 Å². The Hall–Kier alpha value is -2.68. The number of carbonyl (C=O) groups is 1. The van der Waals surface area contributed by atoms with Crippen molar-refractivity contribution in [2.75, 3.05) is 5.32 Å². The molecule has 9 heteroatoms. The number of benzene rings is 2. The van der Waals surface area contributed by atoms with Crippen LogP contribution in [0.3, 0.4) is 0 Å². The average Bonchev–Trinajstić information content (AvgIpc) is 3.35. The highest BCUT2D eigenvalue weighted by Crippen LogP contribution is 2.33. The predicted octanol–water partition coefficient (Wildman–Crippen LogP) is 5.58. The van der Waals surface area contributed by atoms with E-state index in [4.69, 9.17) is 11.6 Å². The monoisotopic (exact) mass is 444 g/mol. The number of nitrogens with zero attached hydrogens (tertiary/aromatic N) is 3. The van der Waals surface area contributed by atoms with Crippen LogP contribution in [-0.2, 0) is 6.54 Å². The number of amides is 1. The van der Waals surface area contributed by atoms with E-state index in [0.717, 1.165) is 10.5 Å². The Morgan fingerprint density at radius 2 is 1.93 bits per heavy atom. The topological polar surface area (TPSA) is 59.8 Å². The van der Waals surface area contributed by atoms with Gasteiger partial charge in [0, 0.05) is 4.90 Å². The molecule has 5 nitrogen and oxygen atoms in total. The highest BCUT2D eigenvalue weighted by Gasteiger charge is 2.15. The number of para-hydroxylation sites is 1. The molecule has 4 rings (SSSR count). The molecule has 146 valence electrons. The maximum Gasteiger partial charge on any atom is 0.265 e. The first kappa shape index (κ1) is 19.6. The van der Waals surface area contributed by atoms with E-state index in [0.29, 0.717) is 22.3 Å². The number of thiophene rings is 1. The van der Waals surface area contributed by atoms with Crippen molar-refractivity contribution in [3.8, 4) is 0 Å². The second kappa shape index (κ2) is 8.77. The third-order valence-corrected chi connectivity index (χ3v) is 6.03. The molecule has 0 saturated heterocycles. The van der Waals surface area contributed by atoms with Crippen LogP contribution in [0.4, 0.5) is 10.1 Å². The van der Waals surface area contributed by atoms with Crippen LogP contribution in [0.5, 0.6) is 0 Å². The van der Waals surface area contributed by atoms with Crippen LogP contribution < -0.4 is 5.32 Å². The molecule has 2 aromatic carbocycles. The summed E-state index contributed by atoms with van der Waals surface area (Å²) in [6, 6.07) is 17.2. The third kappa shape index (κ3) is 4.84. The van der Waals surface area contributed by atoms with Crippen molar-refractivity contribution in [2.45, 2.75) is 16.6 Å². The molecule has 2 heterocycles. The van der Waals surface area contributed by atoms with Gasteiger partial charge in [-0.25, -0.2) is 9.07 Å². The molecule has 0 unspecified atom stereocenters. The maximum absolute atomic E-state index is 13.2. The molecule has 0 aliphatic carbocycles. The van der Waals surface area contributed by atoms with Crippen LogP contribution in [0.1, 0.15) is 15.2 Å². The minimum atomic E-state index is -0.296. The normalized spacial score (nSPS) is 10.8. The SMILES string of the molecule is O=C(Nc1ccccc1Sc1nc(Cl)nn1Cc1ccc(F)cc1)c1cccs1. The first-order valence-electron chi connectivity index (χ1n) is 8.55. The summed E-state index contributed by atoms with van der Waals surface area (Å²) in [5.74, 6) is -0.464. The van der Waals surface area contributed by atoms with Gasteiger partial charge in [0.25, 0.3) is 5.91 Å². The maximum atomic E-state index is 13.2. The first-order chi connectivity index (χ1) is 14.1. The van der Waals surface area contributed by atoms with E-state index in [-0.39, 0.29) is 17.0 Å². The zero-order chi connectivity index (χ0) is 20.2. The molecule has 2 aromatic heterocycles. The minimum Gasteiger partial charge on any atom is -0.320 e. The number of hydrogen-bond acceptors (Lipinski definition) is 5. The zero-order valence-corrected chi connectivity index (χ0v) is 17.3. The van der Waals surface area contributed by atoms with Crippen LogP contribution in [0.2, 0.25) is 5.28 Å². The van der Waals surface area contributed by atoms with Gasteiger partial charge in [-0.1, -0.05) is 30.3 Å². The molecule has 0 aliphatic rings. The standard InChI is InChI=1S/C20H14ClFN4OS2/c21-19-24-20(26(25-19)12-13-7-9-14(22)10-8-13)29-16-5-2-1-4-15(16)23-18(27)17-6-3-11-28-17/h1-11H,12H2,(H,23,27). The number of rotatable bonds is 6. The Labute approximate surface area is 179 Å². The molecule has 0 atom stereocenters. The molecular weight excluding hydrogens is 431 g/mol. The van der Waals surface area contributed by atoms with Crippen molar-refractivity contribution in [3.05, 3.63) is 87.6 Å². The molecule has 29 heavy (non-hydrogen) atoms. The molecule has 0 aliphatic heterocycles. The van der Waals surface area contributed by atoms with E-state index in [1.54, 1.807) is 22.9 Å². The van der Waals surface area contributed by atoms with Crippen LogP contribution in [-0.4, -0.2) is 20.7 Å². The summed E-state index contributed by atoms with van der Waals surface area (Å²) in [7, 11) is 0. The first-order valence-corrected chi connectivity index (χ1v) is 10.6. The van der Waals surface area contributed by atoms with Gasteiger partial charge in [0.2, 0.25) is 5.28 Å². The Morgan fingerprint density at radius 3 is 2.69 bits per heavy atom. The smallest absolute Gasteiger partial charge is 0.265 e. The second-order valence-corrected chi connectivity index (χ2v) is 8.27. The van der Waals surface area contributed by atoms with Gasteiger partial charge in [-0.2, -0.15) is 4.98 Å². The summed E-state index contributed by atoms with van der Waals surface area (Å²) >= 11 is 8.75. The van der Waals surface area contributed by atoms with E-state index in [2.05, 4.69) is 15.4 Å². The van der Waals surface area contributed by atoms with Crippen molar-refractivity contribution < 1.29 is 9.18 Å². The van der Waals surface area contributed by atoms with Gasteiger partial charge in [-0.15, -0.1) is 16.4 Å². The van der Waals surface area contributed by atoms with E-state index in [1.807, 2.05) is 35.7 Å². The summed E-state index contributed by atoms with van der Waals surface area (Å²) in [5.41, 5.74) is 1.54. The fourth-order valence-electron chi connectivity index (χ4n) is 2.59. The highest BCUT2D eigenvalue weighted by atomic mass is 35.5. The molecule has 4 aromatic rings. The van der Waals surface area contributed by atoms with Crippen LogP contribution >= 0.6 is 34.7 Å². The summed E-state index contributed by atoms with van der Waals surface area (Å²) < 4.78 is 14.8. The van der Waals surface area contributed by atoms with E-state index < -0.39 is 0 Å². The number of hydrogen-bond donors (Lipinski definition) is 1. The molecular formula is C20H14ClFN4OS2. The van der Waals surface area contributed by atoms with Crippen molar-refractivity contribution in [2.24, 2.45) is 0 Å². The van der Waals surface area contributed by atoms with Gasteiger partial charge in [-0.3, -0.25) is 4.79 Å². The Bertz CT molecular complexity index is 1130. The van der Waals surface area contributed by atoms with Gasteiger partial charge >= 0.3 is 0 Å². The lowest BCUT2D eigenvalue weighted by atomic mass is 10.2. The average molecular weight is 445 g/mol. The number of nitrogens with one attached hydrogen (secondary N) is 1. The molecule has 1 N–H and O–H groups in total. The largest absolute Gasteiger partial charge is 0.320 e. The van der Waals surface area contributed by atoms with E-state index in [1.165, 1.54) is 35.2 Å². The fraction of sp³-hybridized carbons (Fsp3) is 0.0500. The third-order valence-electron chi connectivity index (χ3n) is 3.94. The van der Waals surface area contributed by atoms with Gasteiger partial charge < -0.3 is 5.32 Å². The van der Waals surface area contributed by atoms with Gasteiger partial charge in [0.1, 0.15) is 5.82 Å². The molecule has 1 amide bonds. The Morgan fingerprint density at radius 1 is 1.14 bits per heavy atom. The Kier molecular flexibility index (Phi) is 5.94. The molecule has 0 bridgehead atoms. The fourth-order valence-corrected chi connectivity index (χ4v) is 4.35. The number of halogens is 2. The number of anilines is 1. The van der Waals surface area contributed by atoms with Gasteiger partial charge in [-0.05, 0) is 64.6 Å². The summed E-state index contributed by atoms with van der Waals surface area (Å²) in [6.45, 7) is 0.395. The van der Waals surface area contributed by atoms with E-state index >= 15 is 0 Å². The zero-order valence-electron chi connectivity index (χ0n) is 14.9. The van der Waals surface area contributed by atoms with Crippen molar-refractivity contribution in [3.63, 3.8) is 0 Å². The highest BCUT2D eigenvalue weighted by molar-refractivity contribution is 7.99. The summed E-state index contributed by atoms with van der Waals surface area (Å²) in [5, 5.41) is 9.70. The van der Waals surface area contributed by atoms with Crippen LogP contribution in [0.15, 0.2) is 76.1 Å². The number of carbonyl (C=O) groups excluding carboxylic acids is 1. The molecule has 0 radical (unpaired) electrons. The predicted molar refractivity (Wildman–Crippen MR) is 113 cm³/mol. The van der Waals surface area contributed by atoms with Crippen molar-refractivity contribution in [1.82, 2.24) is 14.8 Å². The quantitative estimate of drug-likeness (QED) is 0.421. The molecule has 0 spiro atoms. The summed E-state index contributed by atoms with van der Waals surface area (Å²) in [4.78, 5) is 18.1. The lowest BCUT2D eigenvalue weighted by Gasteiger charge is -2.10. The lowest BCUT2D eigenvalue weighted by molar-refractivity contribution is 0.103. The van der Waals surface area contributed by atoms with Crippen LogP contribution in [0, 0.1) is 5.82 Å². The molecule has 0 saturated carbocycles. The molecule has 0 fully saturated rings. The van der Waals surface area contributed by atoms with Crippen molar-refractivity contribution in [1.29, 1.82) is 0 Å². The second-order valence-electron chi connectivity index (χ2n) is 5.98. The summed E-state index contributed by atoms with van der Waals surface area (Å²) in [6.07, 6.45) is 0. The van der Waals surface area contributed by atoms with Crippen LogP contribution in [0.25, 0.3) is 0 Å².